The van der Waals surface area contributed by atoms with Crippen LogP contribution in [-0.2, 0) is 4.79 Å². The van der Waals surface area contributed by atoms with Gasteiger partial charge in [-0.3, -0.25) is 9.69 Å². The van der Waals surface area contributed by atoms with Gasteiger partial charge in [-0.15, -0.1) is 0 Å². The van der Waals surface area contributed by atoms with E-state index in [1.165, 1.54) is 11.0 Å². The molecule has 8 heteroatoms. The summed E-state index contributed by atoms with van der Waals surface area (Å²) in [7, 11) is 0. The molecule has 0 spiro atoms. The highest BCUT2D eigenvalue weighted by atomic mass is 19.4. The number of carbonyl (C=O) groups excluding carboxylic acids is 1. The number of halogens is 5. The summed E-state index contributed by atoms with van der Waals surface area (Å²) in [6.45, 7) is -0.150. The number of likely N-dealkylation sites (tertiary alicyclic amines) is 1. The average Bonchev–Trinajstić information content (AvgIpc) is 2.90. The smallest absolute Gasteiger partial charge is 0.352 e. The average molecular weight is 348 g/mol. The third-order valence-corrected chi connectivity index (χ3v) is 3.74. The molecule has 132 valence electrons. The van der Waals surface area contributed by atoms with E-state index in [2.05, 4.69) is 5.32 Å². The lowest BCUT2D eigenvalue weighted by atomic mass is 10.1. The highest BCUT2D eigenvalue weighted by molar-refractivity contribution is 5.91. The van der Waals surface area contributed by atoms with Crippen LogP contribution in [0, 0.1) is 17.6 Å². The molecule has 0 radical (unpaired) electrons. The van der Waals surface area contributed by atoms with Crippen LogP contribution in [0.4, 0.5) is 22.0 Å². The fraction of sp³-hybridized carbons (Fsp3) is 0.438. The van der Waals surface area contributed by atoms with Crippen molar-refractivity contribution in [3.05, 3.63) is 41.5 Å². The van der Waals surface area contributed by atoms with Crippen molar-refractivity contribution in [2.45, 2.75) is 12.6 Å². The van der Waals surface area contributed by atoms with Crippen molar-refractivity contribution in [2.75, 3.05) is 26.2 Å². The zero-order valence-corrected chi connectivity index (χ0v) is 12.7. The Hall–Kier alpha value is -1.96. The van der Waals surface area contributed by atoms with Crippen molar-refractivity contribution >= 4 is 12.0 Å². The first-order valence-electron chi connectivity index (χ1n) is 7.43. The first-order valence-corrected chi connectivity index (χ1v) is 7.43. The van der Waals surface area contributed by atoms with E-state index in [9.17, 15) is 26.7 Å². The minimum absolute atomic E-state index is 0.0742. The molecule has 0 unspecified atom stereocenters. The topological polar surface area (TPSA) is 32.3 Å². The molecular weight excluding hydrogens is 331 g/mol. The molecule has 3 nitrogen and oxygen atoms in total. The molecule has 1 amide bonds. The normalized spacial score (nSPS) is 19.1. The molecule has 1 aromatic carbocycles. The maximum atomic E-state index is 13.4. The zero-order valence-electron chi connectivity index (χ0n) is 12.7. The summed E-state index contributed by atoms with van der Waals surface area (Å²) in [5, 5.41) is 2.54. The van der Waals surface area contributed by atoms with Crippen molar-refractivity contribution in [3.63, 3.8) is 0 Å². The second-order valence-corrected chi connectivity index (χ2v) is 5.72. The van der Waals surface area contributed by atoms with E-state index in [0.29, 0.717) is 13.0 Å². The Morgan fingerprint density at radius 1 is 1.29 bits per heavy atom. The Kier molecular flexibility index (Phi) is 5.93. The number of hydrogen-bond donors (Lipinski definition) is 1. The molecule has 0 aliphatic carbocycles. The van der Waals surface area contributed by atoms with Gasteiger partial charge in [0.15, 0.2) is 0 Å². The molecule has 1 aliphatic heterocycles. The van der Waals surface area contributed by atoms with E-state index in [0.717, 1.165) is 24.3 Å². The van der Waals surface area contributed by atoms with Crippen LogP contribution in [0.2, 0.25) is 0 Å². The molecule has 1 aliphatic rings. The first kappa shape index (κ1) is 18.4. The number of amides is 1. The van der Waals surface area contributed by atoms with E-state index >= 15 is 0 Å². The molecule has 1 N–H and O–H groups in total. The van der Waals surface area contributed by atoms with Crippen molar-refractivity contribution < 1.29 is 26.7 Å². The van der Waals surface area contributed by atoms with Gasteiger partial charge >= 0.3 is 6.18 Å². The summed E-state index contributed by atoms with van der Waals surface area (Å²) in [5.41, 5.74) is -0.315. The number of benzene rings is 1. The number of rotatable bonds is 5. The molecule has 1 fully saturated rings. The largest absolute Gasteiger partial charge is 0.401 e. The molecule has 1 aromatic rings. The fourth-order valence-electron chi connectivity index (χ4n) is 2.61. The number of carbonyl (C=O) groups is 1. The maximum absolute atomic E-state index is 13.4. The molecule has 0 bridgehead atoms. The van der Waals surface area contributed by atoms with Crippen LogP contribution in [0.15, 0.2) is 24.3 Å². The van der Waals surface area contributed by atoms with Crippen molar-refractivity contribution in [1.29, 1.82) is 0 Å². The number of nitrogens with zero attached hydrogens (tertiary/aromatic N) is 1. The van der Waals surface area contributed by atoms with Crippen LogP contribution in [0.1, 0.15) is 12.0 Å². The molecule has 0 aromatic heterocycles. The summed E-state index contributed by atoms with van der Waals surface area (Å²) in [4.78, 5) is 13.0. The predicted octanol–water partition coefficient (Wildman–Crippen LogP) is 2.98. The van der Waals surface area contributed by atoms with Crippen molar-refractivity contribution in [2.24, 2.45) is 5.92 Å². The Labute approximate surface area is 136 Å². The van der Waals surface area contributed by atoms with Gasteiger partial charge in [0.25, 0.3) is 0 Å². The zero-order chi connectivity index (χ0) is 17.7. The van der Waals surface area contributed by atoms with Crippen LogP contribution >= 0.6 is 0 Å². The molecular formula is C16H17F5N2O. The third-order valence-electron chi connectivity index (χ3n) is 3.74. The fourth-order valence-corrected chi connectivity index (χ4v) is 2.61. The van der Waals surface area contributed by atoms with Crippen LogP contribution in [0.5, 0.6) is 0 Å². The second-order valence-electron chi connectivity index (χ2n) is 5.72. The van der Waals surface area contributed by atoms with E-state index < -0.39 is 30.3 Å². The van der Waals surface area contributed by atoms with Crippen molar-refractivity contribution in [1.82, 2.24) is 10.2 Å². The van der Waals surface area contributed by atoms with Gasteiger partial charge in [-0.1, -0.05) is 6.07 Å². The van der Waals surface area contributed by atoms with E-state index in [1.54, 1.807) is 0 Å². The summed E-state index contributed by atoms with van der Waals surface area (Å²) < 4.78 is 63.7. The lowest BCUT2D eigenvalue weighted by molar-refractivity contribution is -0.143. The van der Waals surface area contributed by atoms with Gasteiger partial charge in [-0.25, -0.2) is 8.78 Å². The lowest BCUT2D eigenvalue weighted by Crippen LogP contribution is -2.34. The van der Waals surface area contributed by atoms with Gasteiger partial charge in [0.05, 0.1) is 6.54 Å². The number of hydrogen-bond acceptors (Lipinski definition) is 2. The Balaban J connectivity index is 1.79. The number of nitrogens with one attached hydrogen (secondary N) is 1. The predicted molar refractivity (Wildman–Crippen MR) is 79.0 cm³/mol. The minimum Gasteiger partial charge on any atom is -0.352 e. The van der Waals surface area contributed by atoms with Crippen molar-refractivity contribution in [3.8, 4) is 0 Å². The van der Waals surface area contributed by atoms with Gasteiger partial charge in [0.1, 0.15) is 11.6 Å². The highest BCUT2D eigenvalue weighted by Gasteiger charge is 2.34. The van der Waals surface area contributed by atoms with Gasteiger partial charge in [-0.2, -0.15) is 13.2 Å². The first-order chi connectivity index (χ1) is 11.2. The molecule has 1 heterocycles. The van der Waals surface area contributed by atoms with Crippen LogP contribution in [0.25, 0.3) is 6.08 Å². The van der Waals surface area contributed by atoms with E-state index in [4.69, 9.17) is 0 Å². The quantitative estimate of drug-likeness (QED) is 0.655. The van der Waals surface area contributed by atoms with Crippen LogP contribution in [0.3, 0.4) is 0 Å². The lowest BCUT2D eigenvalue weighted by Gasteiger charge is -2.17. The molecule has 24 heavy (non-hydrogen) atoms. The van der Waals surface area contributed by atoms with Gasteiger partial charge in [0.2, 0.25) is 5.91 Å². The Morgan fingerprint density at radius 2 is 1.96 bits per heavy atom. The molecule has 2 rings (SSSR count). The minimum atomic E-state index is -4.23. The monoisotopic (exact) mass is 348 g/mol. The second kappa shape index (κ2) is 7.74. The summed E-state index contributed by atoms with van der Waals surface area (Å²) in [6.07, 6.45) is -1.64. The molecule has 1 saturated heterocycles. The van der Waals surface area contributed by atoms with Gasteiger partial charge in [0, 0.05) is 24.7 Å². The molecule has 0 saturated carbocycles. The van der Waals surface area contributed by atoms with E-state index in [-0.39, 0.29) is 24.6 Å². The SMILES string of the molecule is O=C(/C=C\c1c(F)cccc1F)NC[C@@H]1CCN(CC(F)(F)F)C1. The highest BCUT2D eigenvalue weighted by Crippen LogP contribution is 2.22. The van der Waals surface area contributed by atoms with Crippen LogP contribution < -0.4 is 5.32 Å². The summed E-state index contributed by atoms with van der Waals surface area (Å²) in [5.74, 6) is -2.18. The van der Waals surface area contributed by atoms with Gasteiger partial charge < -0.3 is 5.32 Å². The maximum Gasteiger partial charge on any atom is 0.401 e. The molecule has 1 atom stereocenters. The summed E-state index contributed by atoms with van der Waals surface area (Å²) >= 11 is 0. The van der Waals surface area contributed by atoms with Crippen LogP contribution in [-0.4, -0.2) is 43.2 Å². The number of alkyl halides is 3. The Bertz CT molecular complexity index is 595. The van der Waals surface area contributed by atoms with Gasteiger partial charge in [-0.05, 0) is 37.1 Å². The third kappa shape index (κ3) is 5.59. The Morgan fingerprint density at radius 3 is 2.58 bits per heavy atom. The van der Waals surface area contributed by atoms with E-state index in [1.807, 2.05) is 0 Å². The standard InChI is InChI=1S/C16H17F5N2O/c17-13-2-1-3-14(18)12(13)4-5-15(24)22-8-11-6-7-23(9-11)10-16(19,20)21/h1-5,11H,6-10H2,(H,22,24)/b5-4-/t11-/m0/s1. The summed E-state index contributed by atoms with van der Waals surface area (Å²) in [6, 6.07) is 3.37.